The zero-order chi connectivity index (χ0) is 7.23. The second-order valence-electron chi connectivity index (χ2n) is 2.78. The minimum absolute atomic E-state index is 0.169. The van der Waals surface area contributed by atoms with Crippen LogP contribution in [0.4, 0.5) is 0 Å². The lowest BCUT2D eigenvalue weighted by Crippen LogP contribution is -2.13. The van der Waals surface area contributed by atoms with E-state index in [0.717, 1.165) is 0 Å². The van der Waals surface area contributed by atoms with Crippen molar-refractivity contribution in [2.24, 2.45) is 11.3 Å². The van der Waals surface area contributed by atoms with Gasteiger partial charge in [-0.1, -0.05) is 22.9 Å². The van der Waals surface area contributed by atoms with Gasteiger partial charge in [-0.05, 0) is 12.8 Å². The van der Waals surface area contributed by atoms with Gasteiger partial charge in [0.05, 0.1) is 5.41 Å². The van der Waals surface area contributed by atoms with E-state index in [0.29, 0.717) is 0 Å². The molecule has 1 fully saturated rings. The Morgan fingerprint density at radius 2 is 2.11 bits per heavy atom. The molecule has 2 nitrogen and oxygen atoms in total. The van der Waals surface area contributed by atoms with Crippen LogP contribution in [-0.4, -0.2) is 15.9 Å². The molecule has 0 heterocycles. The molecule has 0 aliphatic heterocycles. The van der Waals surface area contributed by atoms with E-state index in [1.807, 2.05) is 6.92 Å². The van der Waals surface area contributed by atoms with Crippen LogP contribution in [0, 0.1) is 11.3 Å². The average Bonchev–Trinajstić information content (AvgIpc) is 2.22. The lowest BCUT2D eigenvalue weighted by molar-refractivity contribution is -0.143. The second-order valence-corrected chi connectivity index (χ2v) is 3.76. The third kappa shape index (κ3) is 0.707. The Hall–Kier alpha value is -0.0500. The van der Waals surface area contributed by atoms with Gasteiger partial charge in [0, 0.05) is 4.83 Å². The van der Waals surface area contributed by atoms with E-state index in [1.54, 1.807) is 6.92 Å². The first-order chi connectivity index (χ1) is 4.01. The Labute approximate surface area is 62.4 Å². The standard InChI is InChI=1S/C6H9BrO2/c1-3-4(7)6(3,2)5(8)9/h3-4H,1-2H3,(H,8,9). The largest absolute Gasteiger partial charge is 0.481 e. The molecule has 1 N–H and O–H groups in total. The van der Waals surface area contributed by atoms with Gasteiger partial charge in [-0.3, -0.25) is 4.79 Å². The van der Waals surface area contributed by atoms with Crippen LogP contribution in [0.2, 0.25) is 0 Å². The maximum atomic E-state index is 10.5. The van der Waals surface area contributed by atoms with Gasteiger partial charge >= 0.3 is 5.97 Å². The monoisotopic (exact) mass is 192 g/mol. The van der Waals surface area contributed by atoms with Crippen molar-refractivity contribution in [2.75, 3.05) is 0 Å². The first-order valence-corrected chi connectivity index (χ1v) is 3.80. The molecule has 0 amide bonds. The van der Waals surface area contributed by atoms with Gasteiger partial charge in [-0.25, -0.2) is 0 Å². The van der Waals surface area contributed by atoms with Crippen molar-refractivity contribution in [1.82, 2.24) is 0 Å². The normalized spacial score (nSPS) is 48.8. The first kappa shape index (κ1) is 7.06. The summed E-state index contributed by atoms with van der Waals surface area (Å²) in [5, 5.41) is 8.62. The van der Waals surface area contributed by atoms with Gasteiger partial charge in [-0.15, -0.1) is 0 Å². The summed E-state index contributed by atoms with van der Waals surface area (Å²) in [5.74, 6) is -0.424. The Kier molecular flexibility index (Phi) is 1.35. The molecule has 1 saturated carbocycles. The predicted molar refractivity (Wildman–Crippen MR) is 37.6 cm³/mol. The van der Waals surface area contributed by atoms with Crippen LogP contribution in [-0.2, 0) is 4.79 Å². The van der Waals surface area contributed by atoms with Gasteiger partial charge in [0.2, 0.25) is 0 Å². The molecule has 0 radical (unpaired) electrons. The molecule has 3 heteroatoms. The zero-order valence-corrected chi connectivity index (χ0v) is 6.97. The van der Waals surface area contributed by atoms with E-state index in [4.69, 9.17) is 5.11 Å². The molecule has 0 aromatic heterocycles. The predicted octanol–water partition coefficient (Wildman–Crippen LogP) is 1.49. The summed E-state index contributed by atoms with van der Waals surface area (Å²) in [5.41, 5.74) is -0.500. The number of carboxylic acid groups (broad SMARTS) is 1. The third-order valence-electron chi connectivity index (χ3n) is 2.31. The molecule has 0 aromatic rings. The SMILES string of the molecule is CC1C(Br)C1(C)C(=O)O. The molecule has 0 bridgehead atoms. The quantitative estimate of drug-likeness (QED) is 0.640. The molecule has 3 unspecified atom stereocenters. The molecule has 1 aliphatic carbocycles. The van der Waals surface area contributed by atoms with Crippen LogP contribution in [0.5, 0.6) is 0 Å². The van der Waals surface area contributed by atoms with Crippen LogP contribution >= 0.6 is 15.9 Å². The maximum absolute atomic E-state index is 10.5. The summed E-state index contributed by atoms with van der Waals surface area (Å²) < 4.78 is 0. The number of hydrogen-bond acceptors (Lipinski definition) is 1. The van der Waals surface area contributed by atoms with Gasteiger partial charge in [0.15, 0.2) is 0 Å². The second kappa shape index (κ2) is 1.72. The lowest BCUT2D eigenvalue weighted by Gasteiger charge is -1.99. The van der Waals surface area contributed by atoms with Crippen LogP contribution < -0.4 is 0 Å². The van der Waals surface area contributed by atoms with Gasteiger partial charge in [0.25, 0.3) is 0 Å². The molecule has 52 valence electrons. The summed E-state index contributed by atoms with van der Waals surface area (Å²) in [6.45, 7) is 3.70. The summed E-state index contributed by atoms with van der Waals surface area (Å²) in [4.78, 5) is 10.6. The summed E-state index contributed by atoms with van der Waals surface area (Å²) in [6.07, 6.45) is 0. The third-order valence-corrected chi connectivity index (χ3v) is 4.05. The fourth-order valence-electron chi connectivity index (χ4n) is 0.978. The van der Waals surface area contributed by atoms with Gasteiger partial charge in [-0.2, -0.15) is 0 Å². The molecular weight excluding hydrogens is 184 g/mol. The minimum Gasteiger partial charge on any atom is -0.481 e. The smallest absolute Gasteiger partial charge is 0.310 e. The number of halogens is 1. The van der Waals surface area contributed by atoms with Crippen LogP contribution in [0.1, 0.15) is 13.8 Å². The average molecular weight is 193 g/mol. The number of alkyl halides is 1. The highest BCUT2D eigenvalue weighted by molar-refractivity contribution is 9.09. The maximum Gasteiger partial charge on any atom is 0.310 e. The summed E-state index contributed by atoms with van der Waals surface area (Å²) in [7, 11) is 0. The number of aliphatic carboxylic acids is 1. The Balaban J connectivity index is 2.71. The zero-order valence-electron chi connectivity index (χ0n) is 5.39. The van der Waals surface area contributed by atoms with Crippen molar-refractivity contribution in [3.05, 3.63) is 0 Å². The first-order valence-electron chi connectivity index (χ1n) is 2.88. The van der Waals surface area contributed by atoms with E-state index in [1.165, 1.54) is 0 Å². The Morgan fingerprint density at radius 3 is 2.11 bits per heavy atom. The molecule has 1 rings (SSSR count). The van der Waals surface area contributed by atoms with Crippen LogP contribution in [0.15, 0.2) is 0 Å². The Morgan fingerprint density at radius 1 is 1.78 bits per heavy atom. The number of rotatable bonds is 1. The van der Waals surface area contributed by atoms with Crippen molar-refractivity contribution < 1.29 is 9.90 Å². The summed E-state index contributed by atoms with van der Waals surface area (Å²) >= 11 is 3.29. The van der Waals surface area contributed by atoms with E-state index in [9.17, 15) is 4.79 Å². The van der Waals surface area contributed by atoms with Crippen molar-refractivity contribution in [1.29, 1.82) is 0 Å². The van der Waals surface area contributed by atoms with E-state index >= 15 is 0 Å². The molecular formula is C6H9BrO2. The molecule has 0 aromatic carbocycles. The fourth-order valence-corrected chi connectivity index (χ4v) is 1.99. The fraction of sp³-hybridized carbons (Fsp3) is 0.833. The number of carbonyl (C=O) groups is 1. The minimum atomic E-state index is -0.697. The number of hydrogen-bond donors (Lipinski definition) is 1. The molecule has 0 saturated heterocycles. The highest BCUT2D eigenvalue weighted by atomic mass is 79.9. The number of carboxylic acids is 1. The van der Waals surface area contributed by atoms with E-state index in [-0.39, 0.29) is 10.7 Å². The molecule has 1 aliphatic rings. The highest BCUT2D eigenvalue weighted by Gasteiger charge is 2.62. The van der Waals surface area contributed by atoms with E-state index in [2.05, 4.69) is 15.9 Å². The molecule has 0 spiro atoms. The van der Waals surface area contributed by atoms with Crippen molar-refractivity contribution in [3.8, 4) is 0 Å². The van der Waals surface area contributed by atoms with E-state index < -0.39 is 11.4 Å². The highest BCUT2D eigenvalue weighted by Crippen LogP contribution is 2.57. The van der Waals surface area contributed by atoms with Crippen molar-refractivity contribution in [2.45, 2.75) is 18.7 Å². The van der Waals surface area contributed by atoms with Crippen LogP contribution in [0.3, 0.4) is 0 Å². The molecule has 3 atom stereocenters. The van der Waals surface area contributed by atoms with Gasteiger partial charge < -0.3 is 5.11 Å². The molecule has 9 heavy (non-hydrogen) atoms. The van der Waals surface area contributed by atoms with Gasteiger partial charge in [0.1, 0.15) is 0 Å². The lowest BCUT2D eigenvalue weighted by atomic mass is 10.1. The van der Waals surface area contributed by atoms with Crippen molar-refractivity contribution in [3.63, 3.8) is 0 Å². The topological polar surface area (TPSA) is 37.3 Å². The van der Waals surface area contributed by atoms with Crippen molar-refractivity contribution >= 4 is 21.9 Å². The Bertz CT molecular complexity index is 147. The summed E-state index contributed by atoms with van der Waals surface area (Å²) in [6, 6.07) is 0. The van der Waals surface area contributed by atoms with Crippen LogP contribution in [0.25, 0.3) is 0 Å².